The van der Waals surface area contributed by atoms with Crippen LogP contribution in [0, 0.1) is 5.92 Å². The van der Waals surface area contributed by atoms with Crippen LogP contribution in [-0.4, -0.2) is 30.2 Å². The molecular weight excluding hydrogens is 326 g/mol. The molecule has 2 rings (SSSR count). The molecule has 1 heterocycles. The van der Waals surface area contributed by atoms with Crippen molar-refractivity contribution in [3.05, 3.63) is 29.8 Å². The number of hydrogen-bond donors (Lipinski definition) is 1. The van der Waals surface area contributed by atoms with Gasteiger partial charge in [0, 0.05) is 13.1 Å². The number of carbonyl (C=O) groups excluding carboxylic acids is 1. The lowest BCUT2D eigenvalue weighted by Gasteiger charge is -2.33. The molecule has 0 bridgehead atoms. The maximum atomic E-state index is 12.8. The summed E-state index contributed by atoms with van der Waals surface area (Å²) < 4.78 is 76.7. The van der Waals surface area contributed by atoms with E-state index in [1.807, 2.05) is 0 Å². The van der Waals surface area contributed by atoms with Crippen LogP contribution in [0.2, 0.25) is 0 Å². The highest BCUT2D eigenvalue weighted by atomic mass is 19.4. The Labute approximate surface area is 128 Å². The van der Waals surface area contributed by atoms with Crippen LogP contribution in [-0.2, 0) is 6.18 Å². The minimum Gasteiger partial charge on any atom is -0.324 e. The second kappa shape index (κ2) is 6.29. The van der Waals surface area contributed by atoms with Crippen molar-refractivity contribution in [2.45, 2.75) is 25.2 Å². The van der Waals surface area contributed by atoms with E-state index in [0.717, 1.165) is 17.0 Å². The fourth-order valence-electron chi connectivity index (χ4n) is 2.46. The Kier molecular flexibility index (Phi) is 4.76. The Bertz CT molecular complexity index is 569. The predicted molar refractivity (Wildman–Crippen MR) is 70.8 cm³/mol. The van der Waals surface area contributed by atoms with E-state index in [2.05, 4.69) is 5.32 Å². The standard InChI is InChI=1S/C14H14F6N2O/c15-13(16,17)9-4-3-7-22(8-9)12(23)21-11-6-2-1-5-10(11)14(18,19)20/h1-2,5-6,9H,3-4,7-8H2,(H,21,23). The topological polar surface area (TPSA) is 32.3 Å². The van der Waals surface area contributed by atoms with Crippen LogP contribution < -0.4 is 5.32 Å². The number of nitrogens with one attached hydrogen (secondary N) is 1. The van der Waals surface area contributed by atoms with Gasteiger partial charge in [-0.2, -0.15) is 26.3 Å². The van der Waals surface area contributed by atoms with Crippen LogP contribution in [0.25, 0.3) is 0 Å². The van der Waals surface area contributed by atoms with Crippen LogP contribution in [0.4, 0.5) is 36.8 Å². The van der Waals surface area contributed by atoms with Gasteiger partial charge in [-0.05, 0) is 25.0 Å². The SMILES string of the molecule is O=C(Nc1ccccc1C(F)(F)F)N1CCCC(C(F)(F)F)C1. The smallest absolute Gasteiger partial charge is 0.324 e. The maximum absolute atomic E-state index is 12.8. The zero-order chi connectivity index (χ0) is 17.3. The number of benzene rings is 1. The quantitative estimate of drug-likeness (QED) is 0.750. The van der Waals surface area contributed by atoms with Gasteiger partial charge in [0.05, 0.1) is 17.2 Å². The van der Waals surface area contributed by atoms with Gasteiger partial charge >= 0.3 is 18.4 Å². The Morgan fingerprint density at radius 3 is 2.39 bits per heavy atom. The summed E-state index contributed by atoms with van der Waals surface area (Å²) in [4.78, 5) is 12.9. The minimum absolute atomic E-state index is 0.0760. The Hall–Kier alpha value is -1.93. The van der Waals surface area contributed by atoms with E-state index in [0.29, 0.717) is 0 Å². The van der Waals surface area contributed by atoms with E-state index in [-0.39, 0.29) is 19.4 Å². The largest absolute Gasteiger partial charge is 0.418 e. The minimum atomic E-state index is -4.67. The molecule has 1 aliphatic rings. The highest BCUT2D eigenvalue weighted by molar-refractivity contribution is 5.90. The number of alkyl halides is 6. The number of piperidine rings is 1. The van der Waals surface area contributed by atoms with Crippen molar-refractivity contribution in [2.24, 2.45) is 5.92 Å². The summed E-state index contributed by atoms with van der Waals surface area (Å²) in [5, 5.41) is 2.06. The molecule has 128 valence electrons. The van der Waals surface area contributed by atoms with E-state index in [1.165, 1.54) is 12.1 Å². The van der Waals surface area contributed by atoms with Crippen LogP contribution in [0.15, 0.2) is 24.3 Å². The highest BCUT2D eigenvalue weighted by Gasteiger charge is 2.43. The molecule has 0 saturated carbocycles. The van der Waals surface area contributed by atoms with Gasteiger partial charge in [-0.25, -0.2) is 4.79 Å². The zero-order valence-electron chi connectivity index (χ0n) is 11.8. The average molecular weight is 340 g/mol. The molecule has 0 spiro atoms. The number of carbonyl (C=O) groups is 1. The number of anilines is 1. The molecule has 1 aliphatic heterocycles. The normalized spacial score (nSPS) is 19.6. The molecule has 1 aromatic carbocycles. The number of nitrogens with zero attached hydrogens (tertiary/aromatic N) is 1. The third-order valence-electron chi connectivity index (χ3n) is 3.65. The molecule has 1 saturated heterocycles. The molecule has 0 radical (unpaired) electrons. The average Bonchev–Trinajstić information content (AvgIpc) is 2.46. The van der Waals surface area contributed by atoms with E-state index in [1.54, 1.807) is 0 Å². The fraction of sp³-hybridized carbons (Fsp3) is 0.500. The molecule has 23 heavy (non-hydrogen) atoms. The number of likely N-dealkylation sites (tertiary alicyclic amines) is 1. The first kappa shape index (κ1) is 17.4. The second-order valence-electron chi connectivity index (χ2n) is 5.30. The molecule has 2 amide bonds. The van der Waals surface area contributed by atoms with Crippen LogP contribution in [0.1, 0.15) is 18.4 Å². The molecule has 1 N–H and O–H groups in total. The van der Waals surface area contributed by atoms with Gasteiger partial charge in [-0.3, -0.25) is 0 Å². The zero-order valence-corrected chi connectivity index (χ0v) is 11.8. The first-order chi connectivity index (χ1) is 10.6. The molecule has 3 nitrogen and oxygen atoms in total. The van der Waals surface area contributed by atoms with Gasteiger partial charge in [0.25, 0.3) is 0 Å². The lowest BCUT2D eigenvalue weighted by molar-refractivity contribution is -0.183. The summed E-state index contributed by atoms with van der Waals surface area (Å²) in [6.07, 6.45) is -9.03. The fourth-order valence-corrected chi connectivity index (χ4v) is 2.46. The maximum Gasteiger partial charge on any atom is 0.418 e. The van der Waals surface area contributed by atoms with E-state index < -0.39 is 42.1 Å². The summed E-state index contributed by atoms with van der Waals surface area (Å²) in [6, 6.07) is 3.37. The second-order valence-corrected chi connectivity index (χ2v) is 5.30. The first-order valence-electron chi connectivity index (χ1n) is 6.88. The summed E-state index contributed by atoms with van der Waals surface area (Å²) in [7, 11) is 0. The van der Waals surface area contributed by atoms with Gasteiger partial charge in [-0.15, -0.1) is 0 Å². The van der Waals surface area contributed by atoms with Crippen molar-refractivity contribution in [3.63, 3.8) is 0 Å². The molecular formula is C14H14F6N2O. The van der Waals surface area contributed by atoms with E-state index in [4.69, 9.17) is 0 Å². The molecule has 0 aliphatic carbocycles. The molecule has 1 aromatic rings. The lowest BCUT2D eigenvalue weighted by Crippen LogP contribution is -2.46. The predicted octanol–water partition coefficient (Wildman–Crippen LogP) is 4.51. The summed E-state index contributed by atoms with van der Waals surface area (Å²) >= 11 is 0. The molecule has 0 aromatic heterocycles. The van der Waals surface area contributed by atoms with Gasteiger partial charge in [0.15, 0.2) is 0 Å². The van der Waals surface area contributed by atoms with Gasteiger partial charge in [0.1, 0.15) is 0 Å². The Balaban J connectivity index is 2.11. The van der Waals surface area contributed by atoms with Crippen molar-refractivity contribution < 1.29 is 31.1 Å². The molecule has 1 unspecified atom stereocenters. The van der Waals surface area contributed by atoms with Gasteiger partial charge < -0.3 is 10.2 Å². The van der Waals surface area contributed by atoms with Crippen molar-refractivity contribution in [3.8, 4) is 0 Å². The third-order valence-corrected chi connectivity index (χ3v) is 3.65. The van der Waals surface area contributed by atoms with Gasteiger partial charge in [-0.1, -0.05) is 12.1 Å². The summed E-state index contributed by atoms with van der Waals surface area (Å²) in [5.74, 6) is -1.65. The number of hydrogen-bond acceptors (Lipinski definition) is 1. The Morgan fingerprint density at radius 1 is 1.13 bits per heavy atom. The Morgan fingerprint density at radius 2 is 1.78 bits per heavy atom. The highest BCUT2D eigenvalue weighted by Crippen LogP contribution is 2.36. The number of amides is 2. The molecule has 1 atom stereocenters. The number of rotatable bonds is 1. The van der Waals surface area contributed by atoms with Crippen molar-refractivity contribution >= 4 is 11.7 Å². The van der Waals surface area contributed by atoms with Gasteiger partial charge in [0.2, 0.25) is 0 Å². The monoisotopic (exact) mass is 340 g/mol. The summed E-state index contributed by atoms with van der Waals surface area (Å²) in [5.41, 5.74) is -1.52. The third kappa shape index (κ3) is 4.29. The molecule has 1 fully saturated rings. The van der Waals surface area contributed by atoms with Crippen molar-refractivity contribution in [1.82, 2.24) is 4.90 Å². The molecule has 9 heteroatoms. The lowest BCUT2D eigenvalue weighted by atomic mass is 9.98. The van der Waals surface area contributed by atoms with Crippen LogP contribution >= 0.6 is 0 Å². The number of halogens is 6. The van der Waals surface area contributed by atoms with E-state index >= 15 is 0 Å². The number of urea groups is 1. The number of para-hydroxylation sites is 1. The van der Waals surface area contributed by atoms with Crippen LogP contribution in [0.3, 0.4) is 0 Å². The van der Waals surface area contributed by atoms with Crippen LogP contribution in [0.5, 0.6) is 0 Å². The van der Waals surface area contributed by atoms with E-state index in [9.17, 15) is 31.1 Å². The first-order valence-corrected chi connectivity index (χ1v) is 6.88. The van der Waals surface area contributed by atoms with Crippen molar-refractivity contribution in [1.29, 1.82) is 0 Å². The van der Waals surface area contributed by atoms with Crippen molar-refractivity contribution in [2.75, 3.05) is 18.4 Å². The summed E-state index contributed by atoms with van der Waals surface area (Å²) in [6.45, 7) is -0.476.